The molecule has 0 unspecified atom stereocenters. The lowest BCUT2D eigenvalue weighted by Gasteiger charge is -2.30. The standard InChI is InChI=1S/C17H18N4O/c1-3-17(22)18-15-6-4-5-13-11-21(10-9-14(13)15)16-8-7-12(2)19-20-16/h3-8H,1,9-11H2,2H3,(H,18,22). The topological polar surface area (TPSA) is 58.1 Å². The minimum atomic E-state index is -0.180. The van der Waals surface area contributed by atoms with E-state index in [2.05, 4.69) is 33.1 Å². The molecule has 2 aromatic rings. The summed E-state index contributed by atoms with van der Waals surface area (Å²) in [6, 6.07) is 9.95. The molecular weight excluding hydrogens is 276 g/mol. The molecule has 0 radical (unpaired) electrons. The van der Waals surface area contributed by atoms with Crippen LogP contribution in [0, 0.1) is 6.92 Å². The second-order valence-corrected chi connectivity index (χ2v) is 5.34. The number of rotatable bonds is 3. The molecule has 22 heavy (non-hydrogen) atoms. The Morgan fingerprint density at radius 1 is 1.32 bits per heavy atom. The Morgan fingerprint density at radius 2 is 2.18 bits per heavy atom. The Labute approximate surface area is 129 Å². The Morgan fingerprint density at radius 3 is 2.91 bits per heavy atom. The first-order valence-electron chi connectivity index (χ1n) is 7.27. The smallest absolute Gasteiger partial charge is 0.247 e. The van der Waals surface area contributed by atoms with Gasteiger partial charge in [-0.05, 0) is 48.7 Å². The number of fused-ring (bicyclic) bond motifs is 1. The van der Waals surface area contributed by atoms with Gasteiger partial charge in [-0.25, -0.2) is 0 Å². The normalized spacial score (nSPS) is 13.4. The van der Waals surface area contributed by atoms with Crippen LogP contribution in [-0.2, 0) is 17.8 Å². The van der Waals surface area contributed by atoms with E-state index < -0.39 is 0 Å². The van der Waals surface area contributed by atoms with Crippen molar-refractivity contribution in [1.29, 1.82) is 0 Å². The predicted octanol–water partition coefficient (Wildman–Crippen LogP) is 2.47. The average molecular weight is 294 g/mol. The molecule has 2 heterocycles. The van der Waals surface area contributed by atoms with Crippen molar-refractivity contribution in [2.45, 2.75) is 19.9 Å². The molecule has 3 rings (SSSR count). The molecule has 1 N–H and O–H groups in total. The Balaban J connectivity index is 1.84. The average Bonchev–Trinajstić information content (AvgIpc) is 2.55. The van der Waals surface area contributed by atoms with Crippen molar-refractivity contribution in [1.82, 2.24) is 10.2 Å². The van der Waals surface area contributed by atoms with Gasteiger partial charge in [-0.1, -0.05) is 18.7 Å². The summed E-state index contributed by atoms with van der Waals surface area (Å²) < 4.78 is 0. The number of nitrogens with zero attached hydrogens (tertiary/aromatic N) is 3. The summed E-state index contributed by atoms with van der Waals surface area (Å²) in [4.78, 5) is 13.7. The lowest BCUT2D eigenvalue weighted by atomic mass is 9.97. The molecule has 0 saturated carbocycles. The predicted molar refractivity (Wildman–Crippen MR) is 86.8 cm³/mol. The number of aryl methyl sites for hydroxylation is 1. The summed E-state index contributed by atoms with van der Waals surface area (Å²) in [6.45, 7) is 7.04. The number of anilines is 2. The summed E-state index contributed by atoms with van der Waals surface area (Å²) in [7, 11) is 0. The van der Waals surface area contributed by atoms with Crippen molar-refractivity contribution in [2.75, 3.05) is 16.8 Å². The van der Waals surface area contributed by atoms with Crippen LogP contribution in [0.25, 0.3) is 0 Å². The lowest BCUT2D eigenvalue weighted by molar-refractivity contribution is -0.111. The van der Waals surface area contributed by atoms with Crippen LogP contribution in [0.2, 0.25) is 0 Å². The number of hydrogen-bond donors (Lipinski definition) is 1. The number of carbonyl (C=O) groups excluding carboxylic acids is 1. The summed E-state index contributed by atoms with van der Waals surface area (Å²) in [5.74, 6) is 0.706. The van der Waals surface area contributed by atoms with Crippen LogP contribution in [0.5, 0.6) is 0 Å². The maximum atomic E-state index is 11.5. The van der Waals surface area contributed by atoms with Crippen LogP contribution in [0.3, 0.4) is 0 Å². The van der Waals surface area contributed by atoms with Crippen LogP contribution in [0.15, 0.2) is 43.0 Å². The van der Waals surface area contributed by atoms with E-state index in [1.807, 2.05) is 31.2 Å². The Kier molecular flexibility index (Phi) is 3.87. The third kappa shape index (κ3) is 2.83. The SMILES string of the molecule is C=CC(=O)Nc1cccc2c1CCN(c1ccc(C)nn1)C2. The van der Waals surface area contributed by atoms with Crippen molar-refractivity contribution in [3.8, 4) is 0 Å². The van der Waals surface area contributed by atoms with Gasteiger partial charge in [0.25, 0.3) is 0 Å². The molecule has 0 bridgehead atoms. The lowest BCUT2D eigenvalue weighted by Crippen LogP contribution is -2.31. The highest BCUT2D eigenvalue weighted by atomic mass is 16.1. The molecule has 1 amide bonds. The van der Waals surface area contributed by atoms with E-state index in [0.29, 0.717) is 0 Å². The first-order valence-corrected chi connectivity index (χ1v) is 7.27. The van der Waals surface area contributed by atoms with E-state index in [1.54, 1.807) is 0 Å². The van der Waals surface area contributed by atoms with Gasteiger partial charge in [-0.15, -0.1) is 5.10 Å². The largest absolute Gasteiger partial charge is 0.350 e. The molecule has 0 aliphatic carbocycles. The van der Waals surface area contributed by atoms with Gasteiger partial charge in [0.2, 0.25) is 5.91 Å². The molecule has 112 valence electrons. The number of aromatic nitrogens is 2. The number of hydrogen-bond acceptors (Lipinski definition) is 4. The van der Waals surface area contributed by atoms with Crippen molar-refractivity contribution < 1.29 is 4.79 Å². The fourth-order valence-electron chi connectivity index (χ4n) is 2.67. The molecular formula is C17H18N4O. The number of nitrogens with one attached hydrogen (secondary N) is 1. The third-order valence-electron chi connectivity index (χ3n) is 3.82. The summed E-state index contributed by atoms with van der Waals surface area (Å²) in [5, 5.41) is 11.2. The zero-order valence-electron chi connectivity index (χ0n) is 12.5. The third-order valence-corrected chi connectivity index (χ3v) is 3.82. The molecule has 0 spiro atoms. The van der Waals surface area contributed by atoms with Gasteiger partial charge in [0.15, 0.2) is 5.82 Å². The van der Waals surface area contributed by atoms with Gasteiger partial charge >= 0.3 is 0 Å². The second-order valence-electron chi connectivity index (χ2n) is 5.34. The van der Waals surface area contributed by atoms with Crippen molar-refractivity contribution in [2.24, 2.45) is 0 Å². The summed E-state index contributed by atoms with van der Waals surface area (Å²) in [5.41, 5.74) is 4.18. The molecule has 0 fully saturated rings. The number of amides is 1. The molecule has 0 saturated heterocycles. The van der Waals surface area contributed by atoms with E-state index in [-0.39, 0.29) is 5.91 Å². The first kappa shape index (κ1) is 14.3. The summed E-state index contributed by atoms with van der Waals surface area (Å²) >= 11 is 0. The first-order chi connectivity index (χ1) is 10.7. The van der Waals surface area contributed by atoms with Gasteiger partial charge in [-0.3, -0.25) is 4.79 Å². The highest BCUT2D eigenvalue weighted by Gasteiger charge is 2.20. The molecule has 1 aromatic heterocycles. The van der Waals surface area contributed by atoms with Gasteiger partial charge in [-0.2, -0.15) is 5.10 Å². The van der Waals surface area contributed by atoms with E-state index in [1.165, 1.54) is 17.2 Å². The Bertz CT molecular complexity index is 709. The van der Waals surface area contributed by atoms with Gasteiger partial charge in [0.1, 0.15) is 0 Å². The minimum absolute atomic E-state index is 0.180. The van der Waals surface area contributed by atoms with Crippen molar-refractivity contribution >= 4 is 17.4 Å². The molecule has 1 aliphatic heterocycles. The molecule has 1 aromatic carbocycles. The van der Waals surface area contributed by atoms with E-state index >= 15 is 0 Å². The molecule has 1 aliphatic rings. The highest BCUT2D eigenvalue weighted by molar-refractivity contribution is 5.99. The molecule has 5 heteroatoms. The second kappa shape index (κ2) is 5.97. The fraction of sp³-hybridized carbons (Fsp3) is 0.235. The number of carbonyl (C=O) groups is 1. The maximum absolute atomic E-state index is 11.5. The molecule has 5 nitrogen and oxygen atoms in total. The zero-order chi connectivity index (χ0) is 15.5. The Hall–Kier alpha value is -2.69. The van der Waals surface area contributed by atoms with Crippen LogP contribution in [-0.4, -0.2) is 22.6 Å². The van der Waals surface area contributed by atoms with Gasteiger partial charge in [0, 0.05) is 18.8 Å². The van der Waals surface area contributed by atoms with Crippen molar-refractivity contribution in [3.05, 3.63) is 59.8 Å². The van der Waals surface area contributed by atoms with Crippen LogP contribution in [0.4, 0.5) is 11.5 Å². The molecule has 0 atom stereocenters. The quantitative estimate of drug-likeness (QED) is 0.884. The summed E-state index contributed by atoms with van der Waals surface area (Å²) in [6.07, 6.45) is 2.15. The van der Waals surface area contributed by atoms with Crippen LogP contribution in [0.1, 0.15) is 16.8 Å². The highest BCUT2D eigenvalue weighted by Crippen LogP contribution is 2.28. The minimum Gasteiger partial charge on any atom is -0.350 e. The van der Waals surface area contributed by atoms with Crippen molar-refractivity contribution in [3.63, 3.8) is 0 Å². The maximum Gasteiger partial charge on any atom is 0.247 e. The van der Waals surface area contributed by atoms with E-state index in [0.717, 1.165) is 36.7 Å². The van der Waals surface area contributed by atoms with E-state index in [9.17, 15) is 4.79 Å². The number of benzene rings is 1. The monoisotopic (exact) mass is 294 g/mol. The zero-order valence-corrected chi connectivity index (χ0v) is 12.5. The fourth-order valence-corrected chi connectivity index (χ4v) is 2.67. The van der Waals surface area contributed by atoms with E-state index in [4.69, 9.17) is 0 Å². The van der Waals surface area contributed by atoms with Crippen LogP contribution < -0.4 is 10.2 Å². The van der Waals surface area contributed by atoms with Gasteiger partial charge < -0.3 is 10.2 Å². The van der Waals surface area contributed by atoms with Gasteiger partial charge in [0.05, 0.1) is 5.69 Å². The van der Waals surface area contributed by atoms with Crippen LogP contribution >= 0.6 is 0 Å².